The molecule has 1 fully saturated rings. The molecule has 1 saturated heterocycles. The van der Waals surface area contributed by atoms with E-state index in [9.17, 15) is 8.42 Å². The monoisotopic (exact) mass is 457 g/mol. The third-order valence-electron chi connectivity index (χ3n) is 6.00. The fourth-order valence-electron chi connectivity index (χ4n) is 3.94. The highest BCUT2D eigenvalue weighted by Crippen LogP contribution is 2.38. The second kappa shape index (κ2) is 8.91. The van der Waals surface area contributed by atoms with E-state index in [-0.39, 0.29) is 5.92 Å². The topological polar surface area (TPSA) is 94.8 Å². The number of ether oxygens (including phenoxy) is 2. The van der Waals surface area contributed by atoms with Gasteiger partial charge in [-0.15, -0.1) is 0 Å². The molecule has 0 amide bonds. The zero-order valence-electron chi connectivity index (χ0n) is 18.7. The lowest BCUT2D eigenvalue weighted by atomic mass is 9.98. The van der Waals surface area contributed by atoms with Crippen LogP contribution >= 0.6 is 0 Å². The van der Waals surface area contributed by atoms with E-state index in [1.807, 2.05) is 32.0 Å². The Hall–Kier alpha value is -2.91. The Kier molecular flexibility index (Phi) is 6.21. The van der Waals surface area contributed by atoms with Crippen LogP contribution in [0.4, 0.5) is 0 Å². The molecular weight excluding hydrogens is 430 g/mol. The lowest BCUT2D eigenvalue weighted by Gasteiger charge is -2.29. The Labute approximate surface area is 188 Å². The van der Waals surface area contributed by atoms with Crippen molar-refractivity contribution in [2.75, 3.05) is 27.3 Å². The van der Waals surface area contributed by atoms with E-state index in [1.165, 1.54) is 4.31 Å². The molecule has 1 aliphatic heterocycles. The molecule has 1 aromatic heterocycles. The quantitative estimate of drug-likeness (QED) is 0.553. The Bertz CT molecular complexity index is 1210. The third kappa shape index (κ3) is 4.10. The average molecular weight is 458 g/mol. The molecule has 0 radical (unpaired) electrons. The maximum Gasteiger partial charge on any atom is 0.243 e. The average Bonchev–Trinajstić information content (AvgIpc) is 3.30. The van der Waals surface area contributed by atoms with E-state index in [0.717, 1.165) is 11.1 Å². The number of hydrogen-bond donors (Lipinski definition) is 0. The van der Waals surface area contributed by atoms with Gasteiger partial charge in [-0.05, 0) is 62.1 Å². The molecule has 0 bridgehead atoms. The molecule has 0 unspecified atom stereocenters. The predicted octanol–water partition coefficient (Wildman–Crippen LogP) is 3.94. The van der Waals surface area contributed by atoms with Crippen molar-refractivity contribution < 1.29 is 22.4 Å². The van der Waals surface area contributed by atoms with Crippen molar-refractivity contribution in [1.82, 2.24) is 14.4 Å². The van der Waals surface area contributed by atoms with Crippen molar-refractivity contribution >= 4 is 10.0 Å². The second-order valence-electron chi connectivity index (χ2n) is 7.92. The van der Waals surface area contributed by atoms with Crippen LogP contribution in [0.15, 0.2) is 45.8 Å². The summed E-state index contributed by atoms with van der Waals surface area (Å²) in [6, 6.07) is 10.7. The standard InChI is InChI=1S/C23H27N3O5S/c1-15-8-9-18(14-16(15)2)32(27,28)26-12-10-17(11-13-26)23-24-22(25-31-23)19-6-5-7-20(29-3)21(19)30-4/h5-9,14,17H,10-13H2,1-4H3. The van der Waals surface area contributed by atoms with Gasteiger partial charge in [0, 0.05) is 19.0 Å². The summed E-state index contributed by atoms with van der Waals surface area (Å²) in [7, 11) is -0.389. The molecule has 8 nitrogen and oxygen atoms in total. The Balaban J connectivity index is 1.49. The third-order valence-corrected chi connectivity index (χ3v) is 7.90. The first-order valence-corrected chi connectivity index (χ1v) is 11.9. The summed E-state index contributed by atoms with van der Waals surface area (Å²) in [4.78, 5) is 4.91. The van der Waals surface area contributed by atoms with Crippen molar-refractivity contribution in [3.63, 3.8) is 0 Å². The SMILES string of the molecule is COc1cccc(-c2noc(C3CCN(S(=O)(=O)c4ccc(C)c(C)c4)CC3)n2)c1OC. The van der Waals surface area contributed by atoms with Gasteiger partial charge in [0.05, 0.1) is 24.7 Å². The number of aryl methyl sites for hydroxylation is 2. The van der Waals surface area contributed by atoms with Gasteiger partial charge < -0.3 is 14.0 Å². The number of para-hydroxylation sites is 1. The highest BCUT2D eigenvalue weighted by atomic mass is 32.2. The minimum Gasteiger partial charge on any atom is -0.493 e. The van der Waals surface area contributed by atoms with Gasteiger partial charge in [0.15, 0.2) is 11.5 Å². The summed E-state index contributed by atoms with van der Waals surface area (Å²) in [6.45, 7) is 4.70. The number of nitrogens with zero attached hydrogens (tertiary/aromatic N) is 3. The van der Waals surface area contributed by atoms with Gasteiger partial charge in [-0.3, -0.25) is 0 Å². The molecule has 2 heterocycles. The van der Waals surface area contributed by atoms with Gasteiger partial charge in [0.1, 0.15) is 0 Å². The number of rotatable bonds is 6. The van der Waals surface area contributed by atoms with Crippen LogP contribution in [0.5, 0.6) is 11.5 Å². The van der Waals surface area contributed by atoms with Gasteiger partial charge in [-0.25, -0.2) is 8.42 Å². The van der Waals surface area contributed by atoms with E-state index >= 15 is 0 Å². The van der Waals surface area contributed by atoms with Gasteiger partial charge in [0.2, 0.25) is 21.7 Å². The molecule has 2 aromatic carbocycles. The summed E-state index contributed by atoms with van der Waals surface area (Å²) in [6.07, 6.45) is 1.22. The molecule has 170 valence electrons. The fraction of sp³-hybridized carbons (Fsp3) is 0.391. The molecule has 0 spiro atoms. The van der Waals surface area contributed by atoms with Crippen LogP contribution in [0, 0.1) is 13.8 Å². The molecule has 32 heavy (non-hydrogen) atoms. The van der Waals surface area contributed by atoms with Gasteiger partial charge >= 0.3 is 0 Å². The maximum absolute atomic E-state index is 13.1. The summed E-state index contributed by atoms with van der Waals surface area (Å²) in [5.74, 6) is 2.05. The van der Waals surface area contributed by atoms with Crippen molar-refractivity contribution in [2.45, 2.75) is 37.5 Å². The lowest BCUT2D eigenvalue weighted by Crippen LogP contribution is -2.38. The summed E-state index contributed by atoms with van der Waals surface area (Å²) in [5, 5.41) is 4.13. The lowest BCUT2D eigenvalue weighted by molar-refractivity contribution is 0.270. The van der Waals surface area contributed by atoms with Crippen LogP contribution in [-0.2, 0) is 10.0 Å². The van der Waals surface area contributed by atoms with Crippen LogP contribution in [-0.4, -0.2) is 50.2 Å². The number of sulfonamides is 1. The van der Waals surface area contributed by atoms with Gasteiger partial charge in [0.25, 0.3) is 0 Å². The number of benzene rings is 2. The maximum atomic E-state index is 13.1. The van der Waals surface area contributed by atoms with E-state index in [4.69, 9.17) is 14.0 Å². The first-order chi connectivity index (χ1) is 15.3. The number of hydrogen-bond acceptors (Lipinski definition) is 7. The smallest absolute Gasteiger partial charge is 0.243 e. The summed E-state index contributed by atoms with van der Waals surface area (Å²) in [5.41, 5.74) is 2.71. The first-order valence-electron chi connectivity index (χ1n) is 10.5. The van der Waals surface area contributed by atoms with Crippen molar-refractivity contribution in [3.8, 4) is 22.9 Å². The first kappa shape index (κ1) is 22.3. The second-order valence-corrected chi connectivity index (χ2v) is 9.86. The van der Waals surface area contributed by atoms with Gasteiger partial charge in [-0.2, -0.15) is 9.29 Å². The Morgan fingerprint density at radius 3 is 2.44 bits per heavy atom. The minimum atomic E-state index is -3.53. The van der Waals surface area contributed by atoms with Crippen LogP contribution < -0.4 is 9.47 Å². The molecule has 3 aromatic rings. The molecule has 9 heteroatoms. The molecule has 0 aliphatic carbocycles. The molecule has 0 N–H and O–H groups in total. The van der Waals surface area contributed by atoms with E-state index in [2.05, 4.69) is 10.1 Å². The van der Waals surface area contributed by atoms with E-state index < -0.39 is 10.0 Å². The zero-order valence-corrected chi connectivity index (χ0v) is 19.5. The Morgan fingerprint density at radius 2 is 1.78 bits per heavy atom. The molecule has 0 atom stereocenters. The molecular formula is C23H27N3O5S. The van der Waals surface area contributed by atoms with Crippen molar-refractivity contribution in [2.24, 2.45) is 0 Å². The Morgan fingerprint density at radius 1 is 1.03 bits per heavy atom. The van der Waals surface area contributed by atoms with Crippen LogP contribution in [0.2, 0.25) is 0 Å². The normalized spacial score (nSPS) is 15.6. The van der Waals surface area contributed by atoms with Crippen LogP contribution in [0.3, 0.4) is 0 Å². The highest BCUT2D eigenvalue weighted by molar-refractivity contribution is 7.89. The molecule has 4 rings (SSSR count). The predicted molar refractivity (Wildman–Crippen MR) is 119 cm³/mol. The van der Waals surface area contributed by atoms with Crippen molar-refractivity contribution in [3.05, 3.63) is 53.4 Å². The highest BCUT2D eigenvalue weighted by Gasteiger charge is 2.32. The summed E-state index contributed by atoms with van der Waals surface area (Å²) >= 11 is 0. The van der Waals surface area contributed by atoms with Crippen LogP contribution in [0.25, 0.3) is 11.4 Å². The van der Waals surface area contributed by atoms with Crippen LogP contribution in [0.1, 0.15) is 35.8 Å². The fourth-order valence-corrected chi connectivity index (χ4v) is 5.50. The summed E-state index contributed by atoms with van der Waals surface area (Å²) < 4.78 is 44.0. The number of aromatic nitrogens is 2. The van der Waals surface area contributed by atoms with Gasteiger partial charge in [-0.1, -0.05) is 17.3 Å². The van der Waals surface area contributed by atoms with E-state index in [0.29, 0.717) is 59.6 Å². The number of piperidine rings is 1. The largest absolute Gasteiger partial charge is 0.493 e. The van der Waals surface area contributed by atoms with Crippen molar-refractivity contribution in [1.29, 1.82) is 0 Å². The zero-order chi connectivity index (χ0) is 22.9. The van der Waals surface area contributed by atoms with E-state index in [1.54, 1.807) is 32.4 Å². The number of methoxy groups -OCH3 is 2. The minimum absolute atomic E-state index is 0.000874. The molecule has 1 aliphatic rings. The molecule has 0 saturated carbocycles.